The van der Waals surface area contributed by atoms with Gasteiger partial charge in [-0.2, -0.15) is 0 Å². The van der Waals surface area contributed by atoms with Crippen molar-refractivity contribution in [1.29, 1.82) is 0 Å². The van der Waals surface area contributed by atoms with E-state index in [2.05, 4.69) is 5.32 Å². The molecule has 3 rings (SSSR count). The summed E-state index contributed by atoms with van der Waals surface area (Å²) in [5, 5.41) is 12.2. The zero-order chi connectivity index (χ0) is 22.5. The van der Waals surface area contributed by atoms with Crippen LogP contribution in [-0.4, -0.2) is 36.7 Å². The van der Waals surface area contributed by atoms with E-state index in [0.717, 1.165) is 10.9 Å². The standard InChI is InChI=1S/C23H23NO7/c1-4-18(23(27)28)24-20(25)12-30-19-10-9-16-17(11-21(26)31-22(16)13(19)2)14-5-7-15(29-3)8-6-14/h5-11,18H,4,12H2,1-3H3,(H,24,25)(H,27,28)/t18-/m0/s1. The van der Waals surface area contributed by atoms with Crippen LogP contribution in [0.25, 0.3) is 22.1 Å². The molecule has 0 bridgehead atoms. The third-order valence-corrected chi connectivity index (χ3v) is 4.91. The van der Waals surface area contributed by atoms with E-state index in [4.69, 9.17) is 19.0 Å². The molecule has 8 heteroatoms. The van der Waals surface area contributed by atoms with Gasteiger partial charge in [0, 0.05) is 17.0 Å². The summed E-state index contributed by atoms with van der Waals surface area (Å²) in [5.41, 5.74) is 1.93. The lowest BCUT2D eigenvalue weighted by atomic mass is 10.00. The summed E-state index contributed by atoms with van der Waals surface area (Å²) >= 11 is 0. The Morgan fingerprint density at radius 2 is 1.87 bits per heavy atom. The molecule has 0 aliphatic carbocycles. The third-order valence-electron chi connectivity index (χ3n) is 4.91. The molecular weight excluding hydrogens is 402 g/mol. The van der Waals surface area contributed by atoms with Crippen LogP contribution in [0.3, 0.4) is 0 Å². The van der Waals surface area contributed by atoms with Gasteiger partial charge in [-0.3, -0.25) is 4.79 Å². The zero-order valence-corrected chi connectivity index (χ0v) is 17.4. The molecule has 0 aliphatic heterocycles. The molecule has 1 atom stereocenters. The van der Waals surface area contributed by atoms with Gasteiger partial charge < -0.3 is 24.3 Å². The Hall–Kier alpha value is -3.81. The summed E-state index contributed by atoms with van der Waals surface area (Å²) in [7, 11) is 1.58. The summed E-state index contributed by atoms with van der Waals surface area (Å²) < 4.78 is 16.2. The van der Waals surface area contributed by atoms with Crippen LogP contribution in [0.2, 0.25) is 0 Å². The molecule has 162 valence electrons. The van der Waals surface area contributed by atoms with Gasteiger partial charge in [0.2, 0.25) is 0 Å². The minimum Gasteiger partial charge on any atom is -0.497 e. The van der Waals surface area contributed by atoms with Gasteiger partial charge in [0.25, 0.3) is 5.91 Å². The van der Waals surface area contributed by atoms with E-state index in [9.17, 15) is 14.4 Å². The summed E-state index contributed by atoms with van der Waals surface area (Å²) in [4.78, 5) is 35.3. The molecular formula is C23H23NO7. The molecule has 2 aromatic carbocycles. The molecule has 1 heterocycles. The number of methoxy groups -OCH3 is 1. The molecule has 2 N–H and O–H groups in total. The number of fused-ring (bicyclic) bond motifs is 1. The highest BCUT2D eigenvalue weighted by Gasteiger charge is 2.19. The quantitative estimate of drug-likeness (QED) is 0.533. The first-order valence-electron chi connectivity index (χ1n) is 9.71. The smallest absolute Gasteiger partial charge is 0.336 e. The highest BCUT2D eigenvalue weighted by Crippen LogP contribution is 2.33. The average Bonchev–Trinajstić information content (AvgIpc) is 2.76. The number of carbonyl (C=O) groups excluding carboxylic acids is 1. The Morgan fingerprint density at radius 1 is 1.16 bits per heavy atom. The van der Waals surface area contributed by atoms with E-state index >= 15 is 0 Å². The number of carboxylic acids is 1. The number of carboxylic acid groups (broad SMARTS) is 1. The number of benzene rings is 2. The van der Waals surface area contributed by atoms with Crippen molar-refractivity contribution in [2.45, 2.75) is 26.3 Å². The molecule has 1 aromatic heterocycles. The number of carbonyl (C=O) groups is 2. The molecule has 0 fully saturated rings. The monoisotopic (exact) mass is 425 g/mol. The lowest BCUT2D eigenvalue weighted by Crippen LogP contribution is -2.42. The second kappa shape index (κ2) is 9.34. The molecule has 31 heavy (non-hydrogen) atoms. The fourth-order valence-electron chi connectivity index (χ4n) is 3.23. The fraction of sp³-hybridized carbons (Fsp3) is 0.261. The first-order chi connectivity index (χ1) is 14.8. The van der Waals surface area contributed by atoms with E-state index in [0.29, 0.717) is 28.2 Å². The highest BCUT2D eigenvalue weighted by atomic mass is 16.5. The van der Waals surface area contributed by atoms with Crippen LogP contribution >= 0.6 is 0 Å². The topological polar surface area (TPSA) is 115 Å². The summed E-state index contributed by atoms with van der Waals surface area (Å²) in [6.07, 6.45) is 0.259. The predicted molar refractivity (Wildman–Crippen MR) is 115 cm³/mol. The van der Waals surface area contributed by atoms with Gasteiger partial charge in [0.05, 0.1) is 7.11 Å². The van der Waals surface area contributed by atoms with E-state index in [-0.39, 0.29) is 13.0 Å². The summed E-state index contributed by atoms with van der Waals surface area (Å²) in [6.45, 7) is 3.02. The minimum absolute atomic E-state index is 0.259. The van der Waals surface area contributed by atoms with Gasteiger partial charge in [-0.15, -0.1) is 0 Å². The van der Waals surface area contributed by atoms with Gasteiger partial charge in [0.1, 0.15) is 23.1 Å². The molecule has 0 saturated heterocycles. The predicted octanol–water partition coefficient (Wildman–Crippen LogP) is 3.14. The maximum atomic E-state index is 12.2. The third kappa shape index (κ3) is 4.85. The Labute approximate surface area is 178 Å². The van der Waals surface area contributed by atoms with Crippen molar-refractivity contribution in [3.05, 3.63) is 58.4 Å². The maximum absolute atomic E-state index is 12.2. The number of aryl methyl sites for hydroxylation is 1. The molecule has 0 radical (unpaired) electrons. The molecule has 8 nitrogen and oxygen atoms in total. The van der Waals surface area contributed by atoms with Crippen molar-refractivity contribution >= 4 is 22.8 Å². The largest absolute Gasteiger partial charge is 0.497 e. The molecule has 0 saturated carbocycles. The Bertz CT molecular complexity index is 1160. The van der Waals surface area contributed by atoms with E-state index in [1.54, 1.807) is 45.2 Å². The number of nitrogens with one attached hydrogen (secondary N) is 1. The van der Waals surface area contributed by atoms with E-state index < -0.39 is 23.5 Å². The lowest BCUT2D eigenvalue weighted by Gasteiger charge is -2.14. The first-order valence-corrected chi connectivity index (χ1v) is 9.71. The summed E-state index contributed by atoms with van der Waals surface area (Å²) in [5.74, 6) is -0.594. The lowest BCUT2D eigenvalue weighted by molar-refractivity contribution is -0.142. The highest BCUT2D eigenvalue weighted by molar-refractivity contribution is 5.95. The number of ether oxygens (including phenoxy) is 2. The Morgan fingerprint density at radius 3 is 2.48 bits per heavy atom. The van der Waals surface area contributed by atoms with Crippen molar-refractivity contribution in [2.24, 2.45) is 0 Å². The zero-order valence-electron chi connectivity index (χ0n) is 17.4. The number of rotatable bonds is 8. The second-order valence-electron chi connectivity index (χ2n) is 6.93. The van der Waals surface area contributed by atoms with Gasteiger partial charge in [-0.1, -0.05) is 19.1 Å². The van der Waals surface area contributed by atoms with E-state index in [1.807, 2.05) is 12.1 Å². The molecule has 0 unspecified atom stereocenters. The van der Waals surface area contributed by atoms with Crippen LogP contribution in [-0.2, 0) is 9.59 Å². The van der Waals surface area contributed by atoms with Crippen LogP contribution in [0.4, 0.5) is 0 Å². The molecule has 0 aliphatic rings. The number of hydrogen-bond donors (Lipinski definition) is 2. The van der Waals surface area contributed by atoms with Crippen molar-refractivity contribution in [3.63, 3.8) is 0 Å². The second-order valence-corrected chi connectivity index (χ2v) is 6.93. The van der Waals surface area contributed by atoms with Crippen LogP contribution < -0.4 is 20.4 Å². The first kappa shape index (κ1) is 21.9. The van der Waals surface area contributed by atoms with E-state index in [1.165, 1.54) is 6.07 Å². The molecule has 0 spiro atoms. The van der Waals surface area contributed by atoms with Gasteiger partial charge >= 0.3 is 11.6 Å². The van der Waals surface area contributed by atoms with Crippen molar-refractivity contribution in [2.75, 3.05) is 13.7 Å². The van der Waals surface area contributed by atoms with Crippen LogP contribution in [0.1, 0.15) is 18.9 Å². The Balaban J connectivity index is 1.89. The van der Waals surface area contributed by atoms with Gasteiger partial charge in [-0.05, 0) is 48.7 Å². The minimum atomic E-state index is -1.11. The van der Waals surface area contributed by atoms with Crippen LogP contribution in [0.15, 0.2) is 51.7 Å². The normalized spacial score (nSPS) is 11.7. The van der Waals surface area contributed by atoms with Gasteiger partial charge in [-0.25, -0.2) is 9.59 Å². The number of amides is 1. The fourth-order valence-corrected chi connectivity index (χ4v) is 3.23. The molecule has 3 aromatic rings. The summed E-state index contributed by atoms with van der Waals surface area (Å²) in [6, 6.07) is 11.2. The SMILES string of the molecule is CC[C@H](NC(=O)COc1ccc2c(-c3ccc(OC)cc3)cc(=O)oc2c1C)C(=O)O. The Kier molecular flexibility index (Phi) is 6.59. The number of hydrogen-bond acceptors (Lipinski definition) is 6. The van der Waals surface area contributed by atoms with Crippen molar-refractivity contribution in [3.8, 4) is 22.6 Å². The van der Waals surface area contributed by atoms with Crippen LogP contribution in [0, 0.1) is 6.92 Å². The van der Waals surface area contributed by atoms with Crippen LogP contribution in [0.5, 0.6) is 11.5 Å². The van der Waals surface area contributed by atoms with Gasteiger partial charge in [0.15, 0.2) is 6.61 Å². The van der Waals surface area contributed by atoms with Crippen molar-refractivity contribution in [1.82, 2.24) is 5.32 Å². The average molecular weight is 425 g/mol. The molecule has 1 amide bonds. The maximum Gasteiger partial charge on any atom is 0.336 e. The number of aliphatic carboxylic acids is 1. The van der Waals surface area contributed by atoms with Crippen molar-refractivity contribution < 1.29 is 28.6 Å².